The number of benzene rings is 6. The Morgan fingerprint density at radius 3 is 0.875 bits per heavy atom. The maximum Gasteiger partial charge on any atom is 0.162 e. The van der Waals surface area contributed by atoms with Crippen molar-refractivity contribution in [3.63, 3.8) is 0 Å². The van der Waals surface area contributed by atoms with Crippen molar-refractivity contribution in [2.75, 3.05) is 31.9 Å². The zero-order valence-corrected chi connectivity index (χ0v) is 86.3. The van der Waals surface area contributed by atoms with Gasteiger partial charge in [-0.05, 0) is 190 Å². The molecule has 0 saturated heterocycles. The summed E-state index contributed by atoms with van der Waals surface area (Å²) in [5.41, 5.74) is 33.4. The van der Waals surface area contributed by atoms with Gasteiger partial charge < -0.3 is 31.9 Å². The number of ketones is 6. The first-order chi connectivity index (χ1) is 69.0. The number of hydrogen-bond acceptors (Lipinski definition) is 18. The predicted octanol–water partition coefficient (Wildman–Crippen LogP) is 25.5. The van der Waals surface area contributed by atoms with Crippen molar-refractivity contribution < 1.29 is 28.8 Å². The van der Waals surface area contributed by atoms with Gasteiger partial charge in [0.1, 0.15) is 5.82 Å². The van der Waals surface area contributed by atoms with E-state index in [0.29, 0.717) is 44.3 Å². The Balaban J connectivity index is 0.000000106. The molecular weight excluding hydrogens is 1790 g/mol. The molecule has 24 nitrogen and oxygen atoms in total. The molecule has 144 heavy (non-hydrogen) atoms. The number of nitrogens with one attached hydrogen (secondary N) is 12. The summed E-state index contributed by atoms with van der Waals surface area (Å²) >= 11 is 0. The number of nitrogens with zero attached hydrogens (tertiary/aromatic N) is 6. The Bertz CT molecular complexity index is 6880. The number of aromatic amines is 6. The van der Waals surface area contributed by atoms with Gasteiger partial charge in [-0.2, -0.15) is 30.6 Å². The molecule has 0 radical (unpaired) electrons. The third kappa shape index (κ3) is 18.3. The smallest absolute Gasteiger partial charge is 0.162 e. The minimum Gasteiger partial charge on any atom is -0.343 e. The molecule has 4 unspecified atom stereocenters. The molecule has 0 amide bonds. The summed E-state index contributed by atoms with van der Waals surface area (Å²) in [6, 6.07) is 57.9. The van der Waals surface area contributed by atoms with Crippen LogP contribution in [0.15, 0.2) is 244 Å². The fourth-order valence-corrected chi connectivity index (χ4v) is 25.9. The molecule has 6 atom stereocenters. The third-order valence-electron chi connectivity index (χ3n) is 32.8. The molecule has 24 heteroatoms. The van der Waals surface area contributed by atoms with E-state index >= 15 is 0 Å². The molecule has 1 saturated carbocycles. The van der Waals surface area contributed by atoms with Crippen LogP contribution in [0.4, 0.5) is 34.9 Å². The lowest BCUT2D eigenvalue weighted by Gasteiger charge is -2.44. The van der Waals surface area contributed by atoms with Gasteiger partial charge in [-0.3, -0.25) is 59.4 Å². The highest BCUT2D eigenvalue weighted by atomic mass is 16.1. The molecule has 6 aromatic carbocycles. The molecule has 0 bridgehead atoms. The zero-order valence-electron chi connectivity index (χ0n) is 86.3. The molecule has 12 N–H and O–H groups in total. The Morgan fingerprint density at radius 1 is 0.271 bits per heavy atom. The van der Waals surface area contributed by atoms with Crippen LogP contribution in [0.3, 0.4) is 0 Å². The Kier molecular flexibility index (Phi) is 25.8. The maximum atomic E-state index is 13.5. The zero-order chi connectivity index (χ0) is 101. The van der Waals surface area contributed by atoms with E-state index in [1.807, 2.05) is 119 Å². The summed E-state index contributed by atoms with van der Waals surface area (Å²) in [5, 5.41) is 65.7. The number of fused-ring (bicyclic) bond motifs is 6. The van der Waals surface area contributed by atoms with Gasteiger partial charge in [-0.15, -0.1) is 0 Å². The Hall–Kier alpha value is -14.2. The van der Waals surface area contributed by atoms with Gasteiger partial charge in [0.2, 0.25) is 0 Å². The van der Waals surface area contributed by atoms with E-state index in [1.54, 1.807) is 0 Å². The highest BCUT2D eigenvalue weighted by Gasteiger charge is 2.52. The lowest BCUT2D eigenvalue weighted by atomic mass is 9.62. The molecule has 12 heterocycles. The number of rotatable bonds is 8. The minimum absolute atomic E-state index is 0.00325. The number of aryl methyl sites for hydroxylation is 7. The fraction of sp³-hybridized carbons (Fsp3) is 0.400. The van der Waals surface area contributed by atoms with Crippen molar-refractivity contribution in [2.45, 2.75) is 275 Å². The highest BCUT2D eigenvalue weighted by molar-refractivity contribution is 6.06. The van der Waals surface area contributed by atoms with Crippen LogP contribution < -0.4 is 31.9 Å². The van der Waals surface area contributed by atoms with E-state index in [1.165, 1.54) is 54.4 Å². The number of Topliss-reactive ketones (excluding diaryl/α,β-unsaturated/α-hetero) is 6. The van der Waals surface area contributed by atoms with E-state index in [-0.39, 0.29) is 96.9 Å². The molecule has 7 aliphatic carbocycles. The number of H-pyrrole nitrogens is 6. The Morgan fingerprint density at radius 2 is 0.542 bits per heavy atom. The quantitative estimate of drug-likeness (QED) is 0.0672. The number of aromatic nitrogens is 12. The van der Waals surface area contributed by atoms with Crippen LogP contribution in [0.2, 0.25) is 0 Å². The number of anilines is 6. The van der Waals surface area contributed by atoms with E-state index in [2.05, 4.69) is 268 Å². The second kappa shape index (κ2) is 38.2. The van der Waals surface area contributed by atoms with Crippen LogP contribution in [-0.4, -0.2) is 95.9 Å². The van der Waals surface area contributed by atoms with Crippen LogP contribution in [0.25, 0.3) is 0 Å². The average molecular weight is 1930 g/mol. The summed E-state index contributed by atoms with van der Waals surface area (Å²) < 4.78 is 0. The first kappa shape index (κ1) is 97.3. The van der Waals surface area contributed by atoms with E-state index in [9.17, 15) is 28.8 Å². The van der Waals surface area contributed by atoms with E-state index in [4.69, 9.17) is 0 Å². The topological polar surface area (TPSA) is 347 Å². The summed E-state index contributed by atoms with van der Waals surface area (Å²) in [6.45, 7) is 36.0. The van der Waals surface area contributed by atoms with Crippen LogP contribution in [-0.2, 0) is 28.8 Å². The van der Waals surface area contributed by atoms with Gasteiger partial charge in [-0.1, -0.05) is 258 Å². The fourth-order valence-electron chi connectivity index (χ4n) is 25.9. The lowest BCUT2D eigenvalue weighted by molar-refractivity contribution is -0.120. The second-order valence-electron chi connectivity index (χ2n) is 45.9. The number of allylic oxidation sites excluding steroid dienone is 12. The SMILES string of the molecule is CCC1(CC)CC(=O)C2=C(C1)Nc1n[nH]c(C)c1C2c1ccccc1.Cc1[nH]nc2c1C(c1ccccc1)C1=C(CC(C)(C)CC1=O)N2.Cc1[nH]nc2c1[C@@H](c1ccccc1)C1=C(CC(C)(C)CC1=O)N2.Cc1[nH]nc2c1[C@H](c1ccccc1)C1=C(CC(C)(C)CC1=O)N2.Cc1ccccc1C1C2=C(CC(C)(C)CC2=O)Nc2[nH]ncc21.Cc1ccccc1C1C2=C(CC3(CCCCC3)CC2=O)Nc2n[nH]c(C)c21. The van der Waals surface area contributed by atoms with Gasteiger partial charge in [0.25, 0.3) is 0 Å². The number of hydrogen-bond donors (Lipinski definition) is 12. The molecule has 12 aromatic rings. The number of carbonyl (C=O) groups excluding carboxylic acids is 6. The summed E-state index contributed by atoms with van der Waals surface area (Å²) in [4.78, 5) is 78.5. The molecule has 6 aliphatic heterocycles. The maximum absolute atomic E-state index is 13.5. The summed E-state index contributed by atoms with van der Waals surface area (Å²) in [7, 11) is 0. The minimum atomic E-state index is -0.0233. The molecule has 6 aromatic heterocycles. The van der Waals surface area contributed by atoms with Crippen LogP contribution >= 0.6 is 0 Å². The molecular formula is C120H136N18O6. The van der Waals surface area contributed by atoms with Gasteiger partial charge in [0.05, 0.1) is 6.20 Å². The van der Waals surface area contributed by atoms with E-state index < -0.39 is 0 Å². The van der Waals surface area contributed by atoms with Crippen LogP contribution in [0.1, 0.15) is 333 Å². The second-order valence-corrected chi connectivity index (χ2v) is 45.9. The average Bonchev–Trinajstić information content (AvgIpc) is 1.24. The first-order valence-electron chi connectivity index (χ1n) is 51.8. The summed E-state index contributed by atoms with van der Waals surface area (Å²) in [5.74, 6) is 6.80. The van der Waals surface area contributed by atoms with Crippen molar-refractivity contribution >= 4 is 69.6 Å². The first-order valence-corrected chi connectivity index (χ1v) is 51.8. The third-order valence-corrected chi connectivity index (χ3v) is 32.8. The normalized spacial score (nSPS) is 22.5. The highest BCUT2D eigenvalue weighted by Crippen LogP contribution is 2.59. The van der Waals surface area contributed by atoms with Gasteiger partial charge in [0.15, 0.2) is 63.8 Å². The van der Waals surface area contributed by atoms with Crippen molar-refractivity contribution in [3.8, 4) is 0 Å². The van der Waals surface area contributed by atoms with Crippen molar-refractivity contribution in [2.24, 2.45) is 32.5 Å². The molecule has 1 fully saturated rings. The summed E-state index contributed by atoms with van der Waals surface area (Å²) in [6.07, 6.45) is 19.3. The van der Waals surface area contributed by atoms with Gasteiger partial charge >= 0.3 is 0 Å². The van der Waals surface area contributed by atoms with Crippen LogP contribution in [0.5, 0.6) is 0 Å². The predicted molar refractivity (Wildman–Crippen MR) is 567 cm³/mol. The number of carbonyl (C=O) groups is 6. The van der Waals surface area contributed by atoms with Gasteiger partial charge in [-0.25, -0.2) is 0 Å². The van der Waals surface area contributed by atoms with Gasteiger partial charge in [0, 0.05) is 204 Å². The monoisotopic (exact) mass is 1930 g/mol. The van der Waals surface area contributed by atoms with Crippen molar-refractivity contribution in [1.82, 2.24) is 61.2 Å². The molecule has 25 rings (SSSR count). The molecule has 13 aliphatic rings. The van der Waals surface area contributed by atoms with E-state index in [0.717, 1.165) is 238 Å². The van der Waals surface area contributed by atoms with Crippen LogP contribution in [0, 0.1) is 81.0 Å². The van der Waals surface area contributed by atoms with Crippen molar-refractivity contribution in [1.29, 1.82) is 0 Å². The lowest BCUT2D eigenvalue weighted by Crippen LogP contribution is -2.38. The van der Waals surface area contributed by atoms with Crippen molar-refractivity contribution in [3.05, 3.63) is 350 Å². The molecule has 1 spiro atoms. The Labute approximate surface area is 844 Å². The largest absolute Gasteiger partial charge is 0.343 e. The molecule has 742 valence electrons. The standard InChI is InChI=1S/C23H27N3O.C21H25N3O.4C19H21N3O/c1-14-8-4-5-9-16(14)20-19-15(2)25-26-22(19)24-17-12-23(10-6-3-7-11-23)13-18(27)21(17)20;1-4-21(5-2)11-15-19(16(25)12-21)18(14-9-7-6-8-10-14)17-13(3)23-24-20(17)22-15;1-11-6-4-5-7-12(11)16-13-10-20-22-18(13)21-14-8-19(2,3)9-15(23)17(14)16;3*1-11-15-16(12-7-5-4-6-8-12)17-13(20-18(15)22-21-11)9-19(2,3)10-14(17)23/h4-5,8-9,20H,3,6-7,10-13H2,1-2H3,(H2,24,25,26);6-10,18H,4-5,11-12H2,1-3H3,(H2,22,23,24);4-7,10,16H,8-9H2,1-3H3,(H2,20,21,22);3*4-8,16H,9-10H2,1-3H3,(H2,20,21,22)/t;;;2*16-;/m...10./s1.